The smallest absolute Gasteiger partial charge is 0.239 e. The molecule has 1 aromatic carbocycles. The van der Waals surface area contributed by atoms with E-state index in [1.54, 1.807) is 4.31 Å². The van der Waals surface area contributed by atoms with E-state index in [1.165, 1.54) is 12.0 Å². The highest BCUT2D eigenvalue weighted by Crippen LogP contribution is 2.31. The second-order valence-electron chi connectivity index (χ2n) is 6.62. The lowest BCUT2D eigenvalue weighted by molar-refractivity contribution is 0.191. The standard InChI is InChI=1S/C17H22N2O2S/c20-22(21,19-11-15-6-3-7-16(12-19)18-15)17-9-8-13-4-1-2-5-14(13)10-17/h1-2,4-5,10,15-16,18H,3,6-9,11-12H2/t15-,16+. The zero-order chi connectivity index (χ0) is 15.2. The molecule has 5 heteroatoms. The number of benzene rings is 1. The monoisotopic (exact) mass is 318 g/mol. The van der Waals surface area contributed by atoms with E-state index in [1.807, 2.05) is 24.3 Å². The Morgan fingerprint density at radius 2 is 1.77 bits per heavy atom. The largest absolute Gasteiger partial charge is 0.309 e. The van der Waals surface area contributed by atoms with Crippen LogP contribution in [0.4, 0.5) is 0 Å². The van der Waals surface area contributed by atoms with Crippen molar-refractivity contribution in [2.75, 3.05) is 13.1 Å². The summed E-state index contributed by atoms with van der Waals surface area (Å²) >= 11 is 0. The van der Waals surface area contributed by atoms with Gasteiger partial charge in [-0.1, -0.05) is 30.7 Å². The first-order valence-corrected chi connectivity index (χ1v) is 9.61. The summed E-state index contributed by atoms with van der Waals surface area (Å²) in [6, 6.07) is 8.75. The molecule has 2 saturated heterocycles. The molecule has 1 N–H and O–H groups in total. The van der Waals surface area contributed by atoms with Crippen molar-refractivity contribution in [2.24, 2.45) is 0 Å². The Morgan fingerprint density at radius 1 is 1.05 bits per heavy atom. The molecule has 2 atom stereocenters. The van der Waals surface area contributed by atoms with Gasteiger partial charge < -0.3 is 5.32 Å². The van der Waals surface area contributed by atoms with Gasteiger partial charge in [-0.05, 0) is 42.9 Å². The molecule has 0 radical (unpaired) electrons. The molecular weight excluding hydrogens is 296 g/mol. The normalized spacial score (nSPS) is 28.8. The van der Waals surface area contributed by atoms with E-state index < -0.39 is 10.0 Å². The van der Waals surface area contributed by atoms with Crippen LogP contribution in [0, 0.1) is 0 Å². The third-order valence-electron chi connectivity index (χ3n) is 5.11. The number of hydrogen-bond donors (Lipinski definition) is 1. The average Bonchev–Trinajstić information content (AvgIpc) is 2.54. The zero-order valence-electron chi connectivity index (χ0n) is 12.7. The zero-order valence-corrected chi connectivity index (χ0v) is 13.5. The van der Waals surface area contributed by atoms with Gasteiger partial charge in [0.15, 0.2) is 0 Å². The molecule has 4 nitrogen and oxygen atoms in total. The minimum absolute atomic E-state index is 0.332. The predicted octanol–water partition coefficient (Wildman–Crippen LogP) is 2.13. The van der Waals surface area contributed by atoms with Gasteiger partial charge in [0, 0.05) is 25.2 Å². The van der Waals surface area contributed by atoms with Crippen LogP contribution in [0.25, 0.3) is 6.08 Å². The van der Waals surface area contributed by atoms with E-state index in [0.717, 1.165) is 24.8 Å². The molecule has 0 amide bonds. The third kappa shape index (κ3) is 2.51. The molecule has 0 spiro atoms. The number of rotatable bonds is 2. The average molecular weight is 318 g/mol. The molecule has 2 heterocycles. The maximum absolute atomic E-state index is 13.0. The van der Waals surface area contributed by atoms with Gasteiger partial charge in [0.05, 0.1) is 4.91 Å². The second-order valence-corrected chi connectivity index (χ2v) is 8.61. The van der Waals surface area contributed by atoms with Crippen LogP contribution in [0.3, 0.4) is 0 Å². The predicted molar refractivity (Wildman–Crippen MR) is 87.8 cm³/mol. The lowest BCUT2D eigenvalue weighted by atomic mass is 9.95. The number of aryl methyl sites for hydroxylation is 1. The van der Waals surface area contributed by atoms with Crippen molar-refractivity contribution in [3.05, 3.63) is 40.3 Å². The quantitative estimate of drug-likeness (QED) is 0.909. The second kappa shape index (κ2) is 5.48. The fourth-order valence-electron chi connectivity index (χ4n) is 3.94. The molecule has 2 bridgehead atoms. The highest BCUT2D eigenvalue weighted by molar-refractivity contribution is 7.93. The van der Waals surface area contributed by atoms with Crippen molar-refractivity contribution in [2.45, 2.75) is 44.2 Å². The molecule has 22 heavy (non-hydrogen) atoms. The van der Waals surface area contributed by atoms with Crippen molar-refractivity contribution < 1.29 is 8.42 Å². The first-order chi connectivity index (χ1) is 10.6. The summed E-state index contributed by atoms with van der Waals surface area (Å²) in [4.78, 5) is 0.589. The molecule has 2 aliphatic heterocycles. The molecule has 0 aromatic heterocycles. The summed E-state index contributed by atoms with van der Waals surface area (Å²) in [5, 5.41) is 3.55. The van der Waals surface area contributed by atoms with Gasteiger partial charge in [-0.25, -0.2) is 8.42 Å². The van der Waals surface area contributed by atoms with Crippen molar-refractivity contribution in [3.63, 3.8) is 0 Å². The minimum Gasteiger partial charge on any atom is -0.309 e. The van der Waals surface area contributed by atoms with Crippen molar-refractivity contribution in [3.8, 4) is 0 Å². The molecule has 4 rings (SSSR count). The SMILES string of the molecule is O=S(=O)(C1=Cc2ccccc2CC1)N1C[C@H]2CCC[C@@H](C1)N2. The van der Waals surface area contributed by atoms with Gasteiger partial charge >= 0.3 is 0 Å². The number of piperazine rings is 1. The first-order valence-electron chi connectivity index (χ1n) is 8.17. The Kier molecular flexibility index (Phi) is 3.59. The molecule has 0 saturated carbocycles. The first kappa shape index (κ1) is 14.4. The van der Waals surface area contributed by atoms with Gasteiger partial charge in [0.2, 0.25) is 10.0 Å². The molecule has 0 unspecified atom stereocenters. The summed E-state index contributed by atoms with van der Waals surface area (Å²) in [6.07, 6.45) is 6.71. The highest BCUT2D eigenvalue weighted by Gasteiger charge is 2.37. The molecule has 2 fully saturated rings. The van der Waals surface area contributed by atoms with Crippen LogP contribution in [-0.4, -0.2) is 37.9 Å². The molecule has 1 aliphatic carbocycles. The number of fused-ring (bicyclic) bond motifs is 3. The van der Waals surface area contributed by atoms with E-state index in [0.29, 0.717) is 36.5 Å². The maximum atomic E-state index is 13.0. The molecule has 1 aromatic rings. The lowest BCUT2D eigenvalue weighted by Crippen LogP contribution is -2.59. The van der Waals surface area contributed by atoms with Gasteiger partial charge in [-0.3, -0.25) is 0 Å². The summed E-state index contributed by atoms with van der Waals surface area (Å²) in [7, 11) is -3.32. The van der Waals surface area contributed by atoms with Gasteiger partial charge in [-0.2, -0.15) is 4.31 Å². The van der Waals surface area contributed by atoms with Crippen LogP contribution in [-0.2, 0) is 16.4 Å². The Morgan fingerprint density at radius 3 is 2.55 bits per heavy atom. The number of nitrogens with zero attached hydrogens (tertiary/aromatic N) is 1. The fraction of sp³-hybridized carbons (Fsp3) is 0.529. The molecular formula is C17H22N2O2S. The van der Waals surface area contributed by atoms with E-state index in [4.69, 9.17) is 0 Å². The van der Waals surface area contributed by atoms with Crippen LogP contribution in [0.1, 0.15) is 36.8 Å². The lowest BCUT2D eigenvalue weighted by Gasteiger charge is -2.42. The van der Waals surface area contributed by atoms with Crippen molar-refractivity contribution in [1.29, 1.82) is 0 Å². The fourth-order valence-corrected chi connectivity index (χ4v) is 5.66. The molecule has 118 valence electrons. The minimum atomic E-state index is -3.32. The van der Waals surface area contributed by atoms with Crippen LogP contribution in [0.15, 0.2) is 29.2 Å². The summed E-state index contributed by atoms with van der Waals surface area (Å²) in [5.41, 5.74) is 2.31. The van der Waals surface area contributed by atoms with Crippen LogP contribution in [0.2, 0.25) is 0 Å². The summed E-state index contributed by atoms with van der Waals surface area (Å²) in [6.45, 7) is 1.25. The Labute approximate surface area is 132 Å². The number of piperidine rings is 1. The number of allylic oxidation sites excluding steroid dienone is 1. The van der Waals surface area contributed by atoms with Crippen LogP contribution < -0.4 is 5.32 Å². The highest BCUT2D eigenvalue weighted by atomic mass is 32.2. The van der Waals surface area contributed by atoms with Gasteiger partial charge in [0.1, 0.15) is 0 Å². The maximum Gasteiger partial charge on any atom is 0.239 e. The van der Waals surface area contributed by atoms with E-state index >= 15 is 0 Å². The van der Waals surface area contributed by atoms with Crippen molar-refractivity contribution >= 4 is 16.1 Å². The third-order valence-corrected chi connectivity index (χ3v) is 7.07. The topological polar surface area (TPSA) is 49.4 Å². The number of sulfonamides is 1. The summed E-state index contributed by atoms with van der Waals surface area (Å²) in [5.74, 6) is 0. The number of nitrogens with one attached hydrogen (secondary N) is 1. The summed E-state index contributed by atoms with van der Waals surface area (Å²) < 4.78 is 27.7. The van der Waals surface area contributed by atoms with Crippen LogP contribution >= 0.6 is 0 Å². The van der Waals surface area contributed by atoms with E-state index in [-0.39, 0.29) is 0 Å². The van der Waals surface area contributed by atoms with Gasteiger partial charge in [0.25, 0.3) is 0 Å². The Hall–Kier alpha value is -1.17. The molecule has 3 aliphatic rings. The number of hydrogen-bond acceptors (Lipinski definition) is 3. The van der Waals surface area contributed by atoms with Gasteiger partial charge in [-0.15, -0.1) is 0 Å². The van der Waals surface area contributed by atoms with Crippen molar-refractivity contribution in [1.82, 2.24) is 9.62 Å². The van der Waals surface area contributed by atoms with E-state index in [2.05, 4.69) is 11.4 Å². The Balaban J connectivity index is 1.63. The van der Waals surface area contributed by atoms with E-state index in [9.17, 15) is 8.42 Å². The Bertz CT molecular complexity index is 699. The van der Waals surface area contributed by atoms with Crippen LogP contribution in [0.5, 0.6) is 0 Å².